The number of ether oxygens (including phenoxy) is 1. The Bertz CT molecular complexity index is 777. The highest BCUT2D eigenvalue weighted by Gasteiger charge is 2.00. The molecule has 2 N–H and O–H groups in total. The Hall–Kier alpha value is -3.15. The SMILES string of the molecule is COc1ccc(CCNc2cc(NCc3cccnc3)ncn2)cc1. The van der Waals surface area contributed by atoms with Gasteiger partial charge in [-0.3, -0.25) is 4.98 Å². The lowest BCUT2D eigenvalue weighted by Crippen LogP contribution is -2.08. The van der Waals surface area contributed by atoms with Crippen molar-refractivity contribution in [3.8, 4) is 5.75 Å². The molecular weight excluding hydrogens is 314 g/mol. The van der Waals surface area contributed by atoms with Crippen LogP contribution in [0, 0.1) is 0 Å². The highest BCUT2D eigenvalue weighted by Crippen LogP contribution is 2.13. The Morgan fingerprint density at radius 2 is 1.76 bits per heavy atom. The van der Waals surface area contributed by atoms with E-state index in [1.807, 2.05) is 36.5 Å². The van der Waals surface area contributed by atoms with Crippen molar-refractivity contribution >= 4 is 11.6 Å². The van der Waals surface area contributed by atoms with Crippen molar-refractivity contribution in [2.45, 2.75) is 13.0 Å². The lowest BCUT2D eigenvalue weighted by Gasteiger charge is -2.09. The van der Waals surface area contributed by atoms with Crippen LogP contribution in [0.5, 0.6) is 5.75 Å². The molecular formula is C19H21N5O. The first-order valence-corrected chi connectivity index (χ1v) is 8.15. The van der Waals surface area contributed by atoms with Crippen LogP contribution >= 0.6 is 0 Å². The normalized spacial score (nSPS) is 10.3. The van der Waals surface area contributed by atoms with Crippen molar-refractivity contribution in [1.82, 2.24) is 15.0 Å². The molecule has 1 aromatic carbocycles. The first kappa shape index (κ1) is 16.7. The fourth-order valence-corrected chi connectivity index (χ4v) is 2.37. The van der Waals surface area contributed by atoms with Crippen LogP contribution in [0.25, 0.3) is 0 Å². The number of benzene rings is 1. The molecule has 2 heterocycles. The van der Waals surface area contributed by atoms with E-state index in [0.717, 1.165) is 35.9 Å². The lowest BCUT2D eigenvalue weighted by atomic mass is 10.1. The van der Waals surface area contributed by atoms with Crippen LogP contribution in [0.1, 0.15) is 11.1 Å². The molecule has 0 spiro atoms. The third-order valence-electron chi connectivity index (χ3n) is 3.74. The fourth-order valence-electron chi connectivity index (χ4n) is 2.37. The van der Waals surface area contributed by atoms with E-state index in [2.05, 4.69) is 37.7 Å². The van der Waals surface area contributed by atoms with Crippen molar-refractivity contribution < 1.29 is 4.74 Å². The summed E-state index contributed by atoms with van der Waals surface area (Å²) in [7, 11) is 1.67. The monoisotopic (exact) mass is 335 g/mol. The number of hydrogen-bond donors (Lipinski definition) is 2. The first-order chi connectivity index (χ1) is 12.3. The van der Waals surface area contributed by atoms with Crippen LogP contribution in [0.2, 0.25) is 0 Å². The molecule has 3 rings (SSSR count). The summed E-state index contributed by atoms with van der Waals surface area (Å²) in [6.07, 6.45) is 6.06. The van der Waals surface area contributed by atoms with Crippen LogP contribution < -0.4 is 15.4 Å². The highest BCUT2D eigenvalue weighted by molar-refractivity contribution is 5.46. The van der Waals surface area contributed by atoms with Gasteiger partial charge in [0.05, 0.1) is 7.11 Å². The highest BCUT2D eigenvalue weighted by atomic mass is 16.5. The minimum atomic E-state index is 0.677. The van der Waals surface area contributed by atoms with Crippen LogP contribution in [0.15, 0.2) is 61.2 Å². The van der Waals surface area contributed by atoms with E-state index in [1.165, 1.54) is 5.56 Å². The summed E-state index contributed by atoms with van der Waals surface area (Å²) in [6.45, 7) is 1.47. The maximum atomic E-state index is 5.17. The van der Waals surface area contributed by atoms with E-state index in [9.17, 15) is 0 Å². The number of nitrogens with one attached hydrogen (secondary N) is 2. The molecule has 0 fully saturated rings. The van der Waals surface area contributed by atoms with Gasteiger partial charge in [0, 0.05) is 31.5 Å². The molecule has 0 unspecified atom stereocenters. The van der Waals surface area contributed by atoms with Crippen molar-refractivity contribution in [2.24, 2.45) is 0 Å². The minimum absolute atomic E-state index is 0.677. The van der Waals surface area contributed by atoms with Crippen LogP contribution in [0.4, 0.5) is 11.6 Å². The standard InChI is InChI=1S/C19H21N5O/c1-25-17-6-4-15(5-7-17)8-10-21-18-11-19(24-14-23-18)22-13-16-3-2-9-20-12-16/h2-7,9,11-12,14H,8,10,13H2,1H3,(H2,21,22,23,24). The van der Waals surface area contributed by atoms with Gasteiger partial charge in [-0.2, -0.15) is 0 Å². The quantitative estimate of drug-likeness (QED) is 0.659. The van der Waals surface area contributed by atoms with Crippen molar-refractivity contribution in [3.63, 3.8) is 0 Å². The van der Waals surface area contributed by atoms with Gasteiger partial charge in [0.2, 0.25) is 0 Å². The maximum Gasteiger partial charge on any atom is 0.131 e. The molecule has 25 heavy (non-hydrogen) atoms. The molecule has 6 heteroatoms. The molecule has 0 aliphatic heterocycles. The fraction of sp³-hybridized carbons (Fsp3) is 0.211. The maximum absolute atomic E-state index is 5.17. The van der Waals surface area contributed by atoms with Gasteiger partial charge in [0.1, 0.15) is 23.7 Å². The van der Waals surface area contributed by atoms with Crippen molar-refractivity contribution in [1.29, 1.82) is 0 Å². The first-order valence-electron chi connectivity index (χ1n) is 8.15. The zero-order chi connectivity index (χ0) is 17.3. The number of rotatable bonds is 8. The van der Waals surface area contributed by atoms with Crippen molar-refractivity contribution in [2.75, 3.05) is 24.3 Å². The average molecular weight is 335 g/mol. The molecule has 6 nitrogen and oxygen atoms in total. The molecule has 0 radical (unpaired) electrons. The number of methoxy groups -OCH3 is 1. The Kier molecular flexibility index (Phi) is 5.77. The lowest BCUT2D eigenvalue weighted by molar-refractivity contribution is 0.414. The van der Waals surface area contributed by atoms with Crippen molar-refractivity contribution in [3.05, 3.63) is 72.3 Å². The number of pyridine rings is 1. The van der Waals surface area contributed by atoms with Gasteiger partial charge < -0.3 is 15.4 Å². The molecule has 3 aromatic rings. The molecule has 0 amide bonds. The number of hydrogen-bond acceptors (Lipinski definition) is 6. The van der Waals surface area contributed by atoms with E-state index in [0.29, 0.717) is 6.54 Å². The Morgan fingerprint density at radius 3 is 2.48 bits per heavy atom. The van der Waals surface area contributed by atoms with Gasteiger partial charge in [0.25, 0.3) is 0 Å². The van der Waals surface area contributed by atoms with E-state index in [1.54, 1.807) is 19.6 Å². The predicted octanol–water partition coefficient (Wildman–Crippen LogP) is 3.15. The smallest absolute Gasteiger partial charge is 0.131 e. The zero-order valence-corrected chi connectivity index (χ0v) is 14.1. The molecule has 2 aromatic heterocycles. The number of aromatic nitrogens is 3. The zero-order valence-electron chi connectivity index (χ0n) is 14.1. The summed E-state index contributed by atoms with van der Waals surface area (Å²) in [6, 6.07) is 13.9. The van der Waals surface area contributed by atoms with Gasteiger partial charge in [-0.05, 0) is 35.7 Å². The molecule has 0 aliphatic carbocycles. The van der Waals surface area contributed by atoms with E-state index >= 15 is 0 Å². The van der Waals surface area contributed by atoms with Gasteiger partial charge in [-0.25, -0.2) is 9.97 Å². The summed E-state index contributed by atoms with van der Waals surface area (Å²) in [4.78, 5) is 12.6. The molecule has 128 valence electrons. The van der Waals surface area contributed by atoms with Gasteiger partial charge in [-0.15, -0.1) is 0 Å². The molecule has 0 saturated heterocycles. The van der Waals surface area contributed by atoms with Gasteiger partial charge in [-0.1, -0.05) is 18.2 Å². The van der Waals surface area contributed by atoms with E-state index < -0.39 is 0 Å². The van der Waals surface area contributed by atoms with Gasteiger partial charge in [0.15, 0.2) is 0 Å². The second-order valence-electron chi connectivity index (χ2n) is 5.53. The third kappa shape index (κ3) is 5.17. The van der Waals surface area contributed by atoms with Gasteiger partial charge >= 0.3 is 0 Å². The second kappa shape index (κ2) is 8.63. The number of anilines is 2. The summed E-state index contributed by atoms with van der Waals surface area (Å²) in [5, 5.41) is 6.60. The largest absolute Gasteiger partial charge is 0.497 e. The second-order valence-corrected chi connectivity index (χ2v) is 5.53. The Morgan fingerprint density at radius 1 is 0.960 bits per heavy atom. The molecule has 0 atom stereocenters. The Labute approximate surface area is 147 Å². The molecule has 0 bridgehead atoms. The summed E-state index contributed by atoms with van der Waals surface area (Å²) in [5.41, 5.74) is 2.35. The molecule has 0 aliphatic rings. The topological polar surface area (TPSA) is 72.0 Å². The van der Waals surface area contributed by atoms with Crippen LogP contribution in [0.3, 0.4) is 0 Å². The third-order valence-corrected chi connectivity index (χ3v) is 3.74. The average Bonchev–Trinajstić information content (AvgIpc) is 2.68. The van der Waals surface area contributed by atoms with Crippen LogP contribution in [-0.4, -0.2) is 28.6 Å². The van der Waals surface area contributed by atoms with E-state index in [4.69, 9.17) is 4.74 Å². The molecule has 0 saturated carbocycles. The minimum Gasteiger partial charge on any atom is -0.497 e. The summed E-state index contributed by atoms with van der Waals surface area (Å²) in [5.74, 6) is 2.46. The van der Waals surface area contributed by atoms with E-state index in [-0.39, 0.29) is 0 Å². The summed E-state index contributed by atoms with van der Waals surface area (Å²) >= 11 is 0. The van der Waals surface area contributed by atoms with Crippen LogP contribution in [-0.2, 0) is 13.0 Å². The number of nitrogens with zero attached hydrogens (tertiary/aromatic N) is 3. The Balaban J connectivity index is 1.49. The summed E-state index contributed by atoms with van der Waals surface area (Å²) < 4.78 is 5.17. The predicted molar refractivity (Wildman–Crippen MR) is 98.8 cm³/mol.